The average molecular weight is 233 g/mol. The fourth-order valence-corrected chi connectivity index (χ4v) is 1.41. The summed E-state index contributed by atoms with van der Waals surface area (Å²) in [6, 6.07) is 4.41. The van der Waals surface area contributed by atoms with Crippen LogP contribution in [-0.2, 0) is 12.8 Å². The molecule has 0 aromatic carbocycles. The van der Waals surface area contributed by atoms with Crippen LogP contribution in [0.25, 0.3) is 0 Å². The number of nitrogens with two attached hydrogens (primary N) is 1. The van der Waals surface area contributed by atoms with Crippen molar-refractivity contribution >= 4 is 6.01 Å². The Hall–Kier alpha value is -1.95. The maximum Gasteiger partial charge on any atom is 0.315 e. The first kappa shape index (κ1) is 11.5. The quantitative estimate of drug-likeness (QED) is 0.760. The highest BCUT2D eigenvalue weighted by atomic mass is 16.4. The number of rotatable bonds is 6. The van der Waals surface area contributed by atoms with Gasteiger partial charge in [-0.05, 0) is 24.1 Å². The van der Waals surface area contributed by atoms with E-state index >= 15 is 0 Å². The molecular weight excluding hydrogens is 218 g/mol. The molecule has 0 fully saturated rings. The van der Waals surface area contributed by atoms with Gasteiger partial charge >= 0.3 is 6.01 Å². The largest absolute Gasteiger partial charge is 0.408 e. The highest BCUT2D eigenvalue weighted by molar-refractivity contribution is 5.19. The standard InChI is InChI=1S/C11H15N5O/c12-5-1-10-15-16-11(17-10)14-8-4-9-2-6-13-7-3-9/h2-3,6-7H,1,4-5,8,12H2,(H,14,16). The molecule has 0 spiro atoms. The number of nitrogens with zero attached hydrogens (tertiary/aromatic N) is 3. The number of pyridine rings is 1. The Morgan fingerprint density at radius 2 is 2.00 bits per heavy atom. The first-order valence-corrected chi connectivity index (χ1v) is 5.53. The molecule has 2 rings (SSSR count). The van der Waals surface area contributed by atoms with Crippen LogP contribution in [-0.4, -0.2) is 28.3 Å². The van der Waals surface area contributed by atoms with Crippen LogP contribution in [0.1, 0.15) is 11.5 Å². The second kappa shape index (κ2) is 5.95. The van der Waals surface area contributed by atoms with E-state index in [4.69, 9.17) is 10.2 Å². The maximum absolute atomic E-state index is 5.39. The van der Waals surface area contributed by atoms with Crippen LogP contribution in [0.5, 0.6) is 0 Å². The van der Waals surface area contributed by atoms with Crippen LogP contribution < -0.4 is 11.1 Å². The lowest BCUT2D eigenvalue weighted by Crippen LogP contribution is -2.05. The Balaban J connectivity index is 1.78. The van der Waals surface area contributed by atoms with Gasteiger partial charge in [-0.2, -0.15) is 0 Å². The summed E-state index contributed by atoms with van der Waals surface area (Å²) in [5.74, 6) is 0.568. The maximum atomic E-state index is 5.39. The summed E-state index contributed by atoms with van der Waals surface area (Å²) in [5.41, 5.74) is 6.61. The minimum atomic E-state index is 0.447. The Bertz CT molecular complexity index is 442. The molecule has 0 saturated carbocycles. The van der Waals surface area contributed by atoms with E-state index in [1.54, 1.807) is 12.4 Å². The summed E-state index contributed by atoms with van der Waals surface area (Å²) >= 11 is 0. The fraction of sp³-hybridized carbons (Fsp3) is 0.364. The molecule has 0 amide bonds. The van der Waals surface area contributed by atoms with Gasteiger partial charge in [-0.1, -0.05) is 5.10 Å². The Morgan fingerprint density at radius 1 is 1.18 bits per heavy atom. The van der Waals surface area contributed by atoms with Crippen molar-refractivity contribution in [1.82, 2.24) is 15.2 Å². The van der Waals surface area contributed by atoms with Crippen LogP contribution >= 0.6 is 0 Å². The number of aromatic nitrogens is 3. The van der Waals surface area contributed by atoms with Gasteiger partial charge in [0, 0.05) is 31.9 Å². The van der Waals surface area contributed by atoms with Crippen LogP contribution in [0.15, 0.2) is 28.9 Å². The molecule has 6 nitrogen and oxygen atoms in total. The molecule has 3 N–H and O–H groups in total. The fourth-order valence-electron chi connectivity index (χ4n) is 1.41. The van der Waals surface area contributed by atoms with Gasteiger partial charge < -0.3 is 15.5 Å². The van der Waals surface area contributed by atoms with Crippen molar-refractivity contribution in [3.8, 4) is 0 Å². The molecule has 0 radical (unpaired) electrons. The van der Waals surface area contributed by atoms with Crippen molar-refractivity contribution in [3.05, 3.63) is 36.0 Å². The highest BCUT2D eigenvalue weighted by Gasteiger charge is 2.03. The van der Waals surface area contributed by atoms with E-state index in [0.29, 0.717) is 24.9 Å². The van der Waals surface area contributed by atoms with Gasteiger partial charge in [0.05, 0.1) is 0 Å². The van der Waals surface area contributed by atoms with E-state index in [9.17, 15) is 0 Å². The zero-order valence-corrected chi connectivity index (χ0v) is 9.47. The molecule has 0 bridgehead atoms. The number of nitrogens with one attached hydrogen (secondary N) is 1. The van der Waals surface area contributed by atoms with E-state index < -0.39 is 0 Å². The predicted molar refractivity (Wildman–Crippen MR) is 63.5 cm³/mol. The summed E-state index contributed by atoms with van der Waals surface area (Å²) < 4.78 is 5.34. The van der Waals surface area contributed by atoms with Gasteiger partial charge in [0.2, 0.25) is 5.89 Å². The second-order valence-electron chi connectivity index (χ2n) is 3.57. The first-order valence-electron chi connectivity index (χ1n) is 5.53. The molecule has 0 aliphatic carbocycles. The van der Waals surface area contributed by atoms with E-state index in [1.807, 2.05) is 12.1 Å². The van der Waals surface area contributed by atoms with Gasteiger partial charge in [0.15, 0.2) is 0 Å². The third kappa shape index (κ3) is 3.53. The zero-order chi connectivity index (χ0) is 11.9. The SMILES string of the molecule is NCCc1nnc(NCCc2ccncc2)o1. The van der Waals surface area contributed by atoms with E-state index in [0.717, 1.165) is 13.0 Å². The van der Waals surface area contributed by atoms with Crippen molar-refractivity contribution in [2.24, 2.45) is 5.73 Å². The van der Waals surface area contributed by atoms with Gasteiger partial charge in [0.25, 0.3) is 0 Å². The summed E-state index contributed by atoms with van der Waals surface area (Å²) in [4.78, 5) is 3.96. The monoisotopic (exact) mass is 233 g/mol. The molecule has 2 aromatic heterocycles. The van der Waals surface area contributed by atoms with Crippen LogP contribution in [0.2, 0.25) is 0 Å². The third-order valence-corrected chi connectivity index (χ3v) is 2.26. The number of hydrogen-bond donors (Lipinski definition) is 2. The first-order chi connectivity index (χ1) is 8.38. The van der Waals surface area contributed by atoms with Crippen molar-refractivity contribution in [3.63, 3.8) is 0 Å². The molecule has 17 heavy (non-hydrogen) atoms. The topological polar surface area (TPSA) is 89.9 Å². The number of anilines is 1. The number of hydrogen-bond acceptors (Lipinski definition) is 6. The Kier molecular flexibility index (Phi) is 4.04. The highest BCUT2D eigenvalue weighted by Crippen LogP contribution is 2.06. The lowest BCUT2D eigenvalue weighted by Gasteiger charge is -2.00. The van der Waals surface area contributed by atoms with E-state index in [2.05, 4.69) is 20.5 Å². The molecule has 0 aliphatic rings. The normalized spacial score (nSPS) is 10.4. The molecule has 2 heterocycles. The van der Waals surface area contributed by atoms with Crippen molar-refractivity contribution in [2.45, 2.75) is 12.8 Å². The molecule has 0 aliphatic heterocycles. The molecule has 0 saturated heterocycles. The van der Waals surface area contributed by atoms with Gasteiger partial charge in [-0.3, -0.25) is 4.98 Å². The van der Waals surface area contributed by atoms with Crippen molar-refractivity contribution < 1.29 is 4.42 Å². The lowest BCUT2D eigenvalue weighted by molar-refractivity contribution is 0.506. The van der Waals surface area contributed by atoms with Crippen molar-refractivity contribution in [1.29, 1.82) is 0 Å². The third-order valence-electron chi connectivity index (χ3n) is 2.26. The molecule has 2 aromatic rings. The minimum Gasteiger partial charge on any atom is -0.408 e. The molecule has 6 heteroatoms. The summed E-state index contributed by atoms with van der Waals surface area (Å²) in [6.45, 7) is 1.26. The van der Waals surface area contributed by atoms with Gasteiger partial charge in [0.1, 0.15) is 0 Å². The lowest BCUT2D eigenvalue weighted by atomic mass is 10.2. The minimum absolute atomic E-state index is 0.447. The zero-order valence-electron chi connectivity index (χ0n) is 9.47. The summed E-state index contributed by atoms with van der Waals surface area (Å²) in [6.07, 6.45) is 5.05. The Labute approximate surface area is 99.3 Å². The van der Waals surface area contributed by atoms with Crippen LogP contribution in [0.3, 0.4) is 0 Å². The van der Waals surface area contributed by atoms with Gasteiger partial charge in [-0.25, -0.2) is 0 Å². The molecule has 0 unspecified atom stereocenters. The average Bonchev–Trinajstić information content (AvgIpc) is 2.79. The molecular formula is C11H15N5O. The summed E-state index contributed by atoms with van der Waals surface area (Å²) in [5, 5.41) is 10.8. The Morgan fingerprint density at radius 3 is 2.76 bits per heavy atom. The predicted octanol–water partition coefficient (Wildman–Crippen LogP) is 0.620. The van der Waals surface area contributed by atoms with Gasteiger partial charge in [-0.15, -0.1) is 5.10 Å². The smallest absolute Gasteiger partial charge is 0.315 e. The molecule has 0 atom stereocenters. The van der Waals surface area contributed by atoms with Crippen LogP contribution in [0, 0.1) is 0 Å². The molecule has 90 valence electrons. The van der Waals surface area contributed by atoms with Crippen molar-refractivity contribution in [2.75, 3.05) is 18.4 Å². The summed E-state index contributed by atoms with van der Waals surface area (Å²) in [7, 11) is 0. The van der Waals surface area contributed by atoms with E-state index in [-0.39, 0.29) is 0 Å². The second-order valence-corrected chi connectivity index (χ2v) is 3.57. The van der Waals surface area contributed by atoms with Crippen LogP contribution in [0.4, 0.5) is 6.01 Å². The van der Waals surface area contributed by atoms with E-state index in [1.165, 1.54) is 5.56 Å².